The van der Waals surface area contributed by atoms with E-state index in [0.717, 1.165) is 13.0 Å². The molecule has 0 aliphatic carbocycles. The molecule has 2 rings (SSSR count). The summed E-state index contributed by atoms with van der Waals surface area (Å²) >= 11 is 0. The first-order chi connectivity index (χ1) is 9.50. The molecular formula is C15H22N2O3. The van der Waals surface area contributed by atoms with Gasteiger partial charge < -0.3 is 15.6 Å². The number of likely N-dealkylation sites (N-methyl/N-ethyl adjacent to an activating group) is 1. The molecule has 5 nitrogen and oxygen atoms in total. The first kappa shape index (κ1) is 14.7. The second-order valence-corrected chi connectivity index (χ2v) is 5.40. The van der Waals surface area contributed by atoms with Crippen molar-refractivity contribution in [1.29, 1.82) is 0 Å². The van der Waals surface area contributed by atoms with E-state index in [0.29, 0.717) is 11.7 Å². The summed E-state index contributed by atoms with van der Waals surface area (Å²) in [6.07, 6.45) is 3.35. The smallest absolute Gasteiger partial charge is 0.339 e. The first-order valence-electron chi connectivity index (χ1n) is 6.99. The number of carbonyl (C=O) groups is 1. The zero-order valence-electron chi connectivity index (χ0n) is 12.0. The topological polar surface area (TPSA) is 75.8 Å². The number of benzene rings is 1. The summed E-state index contributed by atoms with van der Waals surface area (Å²) in [7, 11) is 2.08. The SMILES string of the molecule is CC(Oc1c(N)cccc1C(=O)O)C1CCCCN1C. The molecule has 5 heteroatoms. The lowest BCUT2D eigenvalue weighted by atomic mass is 9.98. The van der Waals surface area contributed by atoms with Crippen molar-refractivity contribution < 1.29 is 14.6 Å². The summed E-state index contributed by atoms with van der Waals surface area (Å²) in [6, 6.07) is 5.11. The zero-order valence-corrected chi connectivity index (χ0v) is 12.0. The molecule has 20 heavy (non-hydrogen) atoms. The third kappa shape index (κ3) is 3.04. The molecule has 1 saturated heterocycles. The third-order valence-electron chi connectivity index (χ3n) is 3.95. The Morgan fingerprint density at radius 1 is 1.50 bits per heavy atom. The van der Waals surface area contributed by atoms with Gasteiger partial charge in [0.25, 0.3) is 0 Å². The highest BCUT2D eigenvalue weighted by Gasteiger charge is 2.27. The van der Waals surface area contributed by atoms with Crippen molar-refractivity contribution in [3.8, 4) is 5.75 Å². The van der Waals surface area contributed by atoms with Crippen LogP contribution in [0.3, 0.4) is 0 Å². The van der Waals surface area contributed by atoms with Crippen molar-refractivity contribution in [1.82, 2.24) is 4.90 Å². The molecule has 0 aromatic heterocycles. The maximum atomic E-state index is 11.3. The van der Waals surface area contributed by atoms with Crippen molar-refractivity contribution in [2.75, 3.05) is 19.3 Å². The Bertz CT molecular complexity index is 490. The number of nitrogens with two attached hydrogens (primary N) is 1. The number of rotatable bonds is 4. The molecule has 1 fully saturated rings. The molecule has 1 heterocycles. The fraction of sp³-hybridized carbons (Fsp3) is 0.533. The van der Waals surface area contributed by atoms with Gasteiger partial charge in [-0.05, 0) is 45.5 Å². The number of nitrogens with zero attached hydrogens (tertiary/aromatic N) is 1. The molecule has 0 saturated carbocycles. The molecule has 2 atom stereocenters. The molecule has 0 amide bonds. The van der Waals surface area contributed by atoms with Gasteiger partial charge in [-0.2, -0.15) is 0 Å². The molecule has 0 spiro atoms. The molecule has 1 aromatic rings. The Kier molecular flexibility index (Phi) is 4.49. The molecule has 1 aliphatic rings. The van der Waals surface area contributed by atoms with Crippen LogP contribution in [0.15, 0.2) is 18.2 Å². The highest BCUT2D eigenvalue weighted by atomic mass is 16.5. The van der Waals surface area contributed by atoms with Gasteiger partial charge in [-0.25, -0.2) is 4.79 Å². The molecule has 0 bridgehead atoms. The van der Waals surface area contributed by atoms with Crippen molar-refractivity contribution in [3.63, 3.8) is 0 Å². The minimum absolute atomic E-state index is 0.0944. The number of piperidine rings is 1. The number of anilines is 1. The minimum atomic E-state index is -1.02. The number of aromatic carboxylic acids is 1. The van der Waals surface area contributed by atoms with Gasteiger partial charge in [-0.3, -0.25) is 4.90 Å². The second-order valence-electron chi connectivity index (χ2n) is 5.40. The van der Waals surface area contributed by atoms with E-state index in [9.17, 15) is 9.90 Å². The second kappa shape index (κ2) is 6.13. The lowest BCUT2D eigenvalue weighted by molar-refractivity contribution is 0.0622. The Hall–Kier alpha value is -1.75. The quantitative estimate of drug-likeness (QED) is 0.826. The lowest BCUT2D eigenvalue weighted by Gasteiger charge is -2.36. The monoisotopic (exact) mass is 278 g/mol. The molecular weight excluding hydrogens is 256 g/mol. The summed E-state index contributed by atoms with van der Waals surface area (Å²) in [5, 5.41) is 9.22. The van der Waals surface area contributed by atoms with E-state index in [1.54, 1.807) is 12.1 Å². The lowest BCUT2D eigenvalue weighted by Crippen LogP contribution is -2.45. The molecule has 1 aromatic carbocycles. The number of hydrogen-bond acceptors (Lipinski definition) is 4. The molecule has 2 unspecified atom stereocenters. The standard InChI is InChI=1S/C15H22N2O3/c1-10(13-8-3-4-9-17(13)2)20-14-11(15(18)19)6-5-7-12(14)16/h5-7,10,13H,3-4,8-9,16H2,1-2H3,(H,18,19). The van der Waals surface area contributed by atoms with Gasteiger partial charge in [0.05, 0.1) is 5.69 Å². The van der Waals surface area contributed by atoms with E-state index in [2.05, 4.69) is 11.9 Å². The van der Waals surface area contributed by atoms with Gasteiger partial charge in [0, 0.05) is 6.04 Å². The van der Waals surface area contributed by atoms with E-state index in [1.807, 2.05) is 6.92 Å². The van der Waals surface area contributed by atoms with Crippen molar-refractivity contribution in [2.24, 2.45) is 0 Å². The largest absolute Gasteiger partial charge is 0.486 e. The van der Waals surface area contributed by atoms with Crippen LogP contribution in [-0.4, -0.2) is 41.7 Å². The number of nitrogen functional groups attached to an aromatic ring is 1. The Morgan fingerprint density at radius 3 is 2.90 bits per heavy atom. The van der Waals surface area contributed by atoms with Crippen LogP contribution in [0.5, 0.6) is 5.75 Å². The highest BCUT2D eigenvalue weighted by Crippen LogP contribution is 2.29. The first-order valence-corrected chi connectivity index (χ1v) is 6.99. The van der Waals surface area contributed by atoms with E-state index < -0.39 is 5.97 Å². The zero-order chi connectivity index (χ0) is 14.7. The summed E-state index contributed by atoms with van der Waals surface area (Å²) in [5.74, 6) is -0.733. The van der Waals surface area contributed by atoms with Crippen LogP contribution in [0.2, 0.25) is 0 Å². The fourth-order valence-electron chi connectivity index (χ4n) is 2.81. The molecule has 0 radical (unpaired) electrons. The average molecular weight is 278 g/mol. The van der Waals surface area contributed by atoms with Gasteiger partial charge in [0.2, 0.25) is 0 Å². The predicted molar refractivity (Wildman–Crippen MR) is 78.2 cm³/mol. The maximum Gasteiger partial charge on any atom is 0.339 e. The van der Waals surface area contributed by atoms with Gasteiger partial charge in [0.1, 0.15) is 11.7 Å². The van der Waals surface area contributed by atoms with Gasteiger partial charge in [-0.15, -0.1) is 0 Å². The number of para-hydroxylation sites is 1. The fourth-order valence-corrected chi connectivity index (χ4v) is 2.81. The normalized spacial score (nSPS) is 21.4. The Balaban J connectivity index is 2.18. The van der Waals surface area contributed by atoms with E-state index in [1.165, 1.54) is 18.9 Å². The predicted octanol–water partition coefficient (Wildman–Crippen LogP) is 2.22. The molecule has 1 aliphatic heterocycles. The highest BCUT2D eigenvalue weighted by molar-refractivity contribution is 5.93. The van der Waals surface area contributed by atoms with E-state index in [4.69, 9.17) is 10.5 Å². The number of ether oxygens (including phenoxy) is 1. The van der Waals surface area contributed by atoms with E-state index in [-0.39, 0.29) is 17.4 Å². The summed E-state index contributed by atoms with van der Waals surface area (Å²) in [6.45, 7) is 3.03. The van der Waals surface area contributed by atoms with Gasteiger partial charge >= 0.3 is 5.97 Å². The number of hydrogen-bond donors (Lipinski definition) is 2. The molecule has 3 N–H and O–H groups in total. The van der Waals surface area contributed by atoms with Crippen LogP contribution in [0.4, 0.5) is 5.69 Å². The van der Waals surface area contributed by atoms with Crippen molar-refractivity contribution in [3.05, 3.63) is 23.8 Å². The number of carboxylic acids is 1. The van der Waals surface area contributed by atoms with Crippen LogP contribution in [0.1, 0.15) is 36.5 Å². The van der Waals surface area contributed by atoms with Gasteiger partial charge in [-0.1, -0.05) is 12.5 Å². The van der Waals surface area contributed by atoms with Crippen molar-refractivity contribution in [2.45, 2.75) is 38.3 Å². The van der Waals surface area contributed by atoms with Gasteiger partial charge in [0.15, 0.2) is 5.75 Å². The average Bonchev–Trinajstić information content (AvgIpc) is 2.41. The van der Waals surface area contributed by atoms with Crippen LogP contribution in [-0.2, 0) is 0 Å². The maximum absolute atomic E-state index is 11.3. The van der Waals surface area contributed by atoms with Crippen LogP contribution < -0.4 is 10.5 Å². The molecule has 110 valence electrons. The minimum Gasteiger partial charge on any atom is -0.486 e. The van der Waals surface area contributed by atoms with Crippen molar-refractivity contribution >= 4 is 11.7 Å². The number of likely N-dealkylation sites (tertiary alicyclic amines) is 1. The van der Waals surface area contributed by atoms with Crippen LogP contribution >= 0.6 is 0 Å². The van der Waals surface area contributed by atoms with E-state index >= 15 is 0 Å². The summed E-state index contributed by atoms with van der Waals surface area (Å²) < 4.78 is 5.90. The Morgan fingerprint density at radius 2 is 2.25 bits per heavy atom. The summed E-state index contributed by atoms with van der Waals surface area (Å²) in [4.78, 5) is 13.5. The van der Waals surface area contributed by atoms with Crippen LogP contribution in [0, 0.1) is 0 Å². The Labute approximate surface area is 119 Å². The summed E-state index contributed by atoms with van der Waals surface area (Å²) in [5.41, 5.74) is 6.36. The van der Waals surface area contributed by atoms with Crippen LogP contribution in [0.25, 0.3) is 0 Å². The number of carboxylic acid groups (broad SMARTS) is 1. The third-order valence-corrected chi connectivity index (χ3v) is 3.95.